The van der Waals surface area contributed by atoms with E-state index >= 15 is 0 Å². The van der Waals surface area contributed by atoms with Crippen LogP contribution in [0.25, 0.3) is 0 Å². The average molecular weight is 277 g/mol. The van der Waals surface area contributed by atoms with Gasteiger partial charge in [0.05, 0.1) is 0 Å². The van der Waals surface area contributed by atoms with Crippen molar-refractivity contribution in [1.29, 1.82) is 0 Å². The van der Waals surface area contributed by atoms with E-state index in [0.717, 1.165) is 17.2 Å². The van der Waals surface area contributed by atoms with Crippen LogP contribution in [0.5, 0.6) is 5.75 Å². The van der Waals surface area contributed by atoms with Crippen molar-refractivity contribution in [2.24, 2.45) is 0 Å². The van der Waals surface area contributed by atoms with Gasteiger partial charge in [0, 0.05) is 29.8 Å². The molecule has 0 aromatic heterocycles. The van der Waals surface area contributed by atoms with Crippen molar-refractivity contribution in [1.82, 2.24) is 5.32 Å². The Kier molecular flexibility index (Phi) is 4.35. The summed E-state index contributed by atoms with van der Waals surface area (Å²) in [6.07, 6.45) is 0. The standard InChI is InChI=1S/C16H17F2NO/c1-10-3-6-16(20)12(7-10)9-19-11(2)14-5-4-13(17)8-15(14)18/h3-8,11,19-20H,9H2,1-2H3. The summed E-state index contributed by atoms with van der Waals surface area (Å²) in [7, 11) is 0. The number of aryl methyl sites for hydroxylation is 1. The first kappa shape index (κ1) is 14.5. The second-order valence-electron chi connectivity index (χ2n) is 4.90. The largest absolute Gasteiger partial charge is 0.508 e. The first-order valence-electron chi connectivity index (χ1n) is 6.44. The van der Waals surface area contributed by atoms with Gasteiger partial charge in [-0.15, -0.1) is 0 Å². The van der Waals surface area contributed by atoms with Crippen LogP contribution in [0, 0.1) is 18.6 Å². The zero-order valence-corrected chi connectivity index (χ0v) is 11.5. The Labute approximate surface area is 117 Å². The molecule has 0 radical (unpaired) electrons. The van der Waals surface area contributed by atoms with E-state index in [1.54, 1.807) is 13.0 Å². The lowest BCUT2D eigenvalue weighted by Crippen LogP contribution is -2.19. The van der Waals surface area contributed by atoms with Crippen molar-refractivity contribution < 1.29 is 13.9 Å². The average Bonchev–Trinajstić information content (AvgIpc) is 2.39. The minimum absolute atomic E-state index is 0.204. The minimum Gasteiger partial charge on any atom is -0.508 e. The molecule has 0 heterocycles. The Morgan fingerprint density at radius 2 is 1.90 bits per heavy atom. The summed E-state index contributed by atoms with van der Waals surface area (Å²) in [5.74, 6) is -0.955. The summed E-state index contributed by atoms with van der Waals surface area (Å²) < 4.78 is 26.5. The van der Waals surface area contributed by atoms with Crippen LogP contribution in [0.15, 0.2) is 36.4 Å². The number of hydrogen-bond acceptors (Lipinski definition) is 2. The summed E-state index contributed by atoms with van der Waals surface area (Å²) in [4.78, 5) is 0. The molecule has 0 saturated carbocycles. The summed E-state index contributed by atoms with van der Waals surface area (Å²) >= 11 is 0. The fourth-order valence-corrected chi connectivity index (χ4v) is 2.08. The fourth-order valence-electron chi connectivity index (χ4n) is 2.08. The molecule has 2 nitrogen and oxygen atoms in total. The topological polar surface area (TPSA) is 32.3 Å². The number of aromatic hydroxyl groups is 1. The third-order valence-electron chi connectivity index (χ3n) is 3.26. The maximum Gasteiger partial charge on any atom is 0.130 e. The molecule has 2 aromatic carbocycles. The molecule has 4 heteroatoms. The Hall–Kier alpha value is -1.94. The molecule has 0 bridgehead atoms. The monoisotopic (exact) mass is 277 g/mol. The highest BCUT2D eigenvalue weighted by molar-refractivity contribution is 5.35. The van der Waals surface area contributed by atoms with E-state index in [9.17, 15) is 13.9 Å². The van der Waals surface area contributed by atoms with Crippen molar-refractivity contribution in [2.75, 3.05) is 0 Å². The van der Waals surface area contributed by atoms with Gasteiger partial charge in [-0.25, -0.2) is 8.78 Å². The molecule has 1 atom stereocenters. The lowest BCUT2D eigenvalue weighted by atomic mass is 10.1. The summed E-state index contributed by atoms with van der Waals surface area (Å²) in [6.45, 7) is 4.14. The third-order valence-corrected chi connectivity index (χ3v) is 3.26. The highest BCUT2D eigenvalue weighted by Crippen LogP contribution is 2.21. The van der Waals surface area contributed by atoms with Crippen molar-refractivity contribution in [2.45, 2.75) is 26.4 Å². The first-order chi connectivity index (χ1) is 9.47. The number of phenols is 1. The number of halogens is 2. The molecule has 106 valence electrons. The van der Waals surface area contributed by atoms with Gasteiger partial charge >= 0.3 is 0 Å². The van der Waals surface area contributed by atoms with E-state index in [-0.39, 0.29) is 11.8 Å². The maximum atomic E-state index is 13.6. The Bertz CT molecular complexity index is 613. The highest BCUT2D eigenvalue weighted by atomic mass is 19.1. The van der Waals surface area contributed by atoms with Crippen molar-refractivity contribution >= 4 is 0 Å². The SMILES string of the molecule is Cc1ccc(O)c(CNC(C)c2ccc(F)cc2F)c1. The predicted molar refractivity (Wildman–Crippen MR) is 74.5 cm³/mol. The van der Waals surface area contributed by atoms with Crippen LogP contribution in [0.1, 0.15) is 29.7 Å². The van der Waals surface area contributed by atoms with E-state index in [0.29, 0.717) is 12.1 Å². The Morgan fingerprint density at radius 3 is 2.60 bits per heavy atom. The van der Waals surface area contributed by atoms with E-state index in [1.807, 2.05) is 19.1 Å². The van der Waals surface area contributed by atoms with Gasteiger partial charge in [0.2, 0.25) is 0 Å². The van der Waals surface area contributed by atoms with Gasteiger partial charge in [0.1, 0.15) is 17.4 Å². The second-order valence-corrected chi connectivity index (χ2v) is 4.90. The number of nitrogens with one attached hydrogen (secondary N) is 1. The molecule has 2 aromatic rings. The predicted octanol–water partition coefficient (Wildman–Crippen LogP) is 3.83. The van der Waals surface area contributed by atoms with Gasteiger partial charge in [0.15, 0.2) is 0 Å². The lowest BCUT2D eigenvalue weighted by Gasteiger charge is -2.16. The van der Waals surface area contributed by atoms with E-state index < -0.39 is 11.6 Å². The van der Waals surface area contributed by atoms with E-state index in [4.69, 9.17) is 0 Å². The zero-order chi connectivity index (χ0) is 14.7. The summed E-state index contributed by atoms with van der Waals surface area (Å²) in [5, 5.41) is 12.9. The third kappa shape index (κ3) is 3.33. The fraction of sp³-hybridized carbons (Fsp3) is 0.250. The van der Waals surface area contributed by atoms with Gasteiger partial charge in [-0.1, -0.05) is 23.8 Å². The molecule has 0 amide bonds. The molecular formula is C16H17F2NO. The first-order valence-corrected chi connectivity index (χ1v) is 6.44. The molecule has 0 aliphatic heterocycles. The number of benzene rings is 2. The van der Waals surface area contributed by atoms with Gasteiger partial charge in [-0.05, 0) is 26.0 Å². The summed E-state index contributed by atoms with van der Waals surface area (Å²) in [5.41, 5.74) is 2.19. The zero-order valence-electron chi connectivity index (χ0n) is 11.5. The Balaban J connectivity index is 2.08. The molecule has 2 N–H and O–H groups in total. The van der Waals surface area contributed by atoms with Crippen LogP contribution < -0.4 is 5.32 Å². The van der Waals surface area contributed by atoms with Crippen molar-refractivity contribution in [3.8, 4) is 5.75 Å². The van der Waals surface area contributed by atoms with Gasteiger partial charge in [-0.2, -0.15) is 0 Å². The van der Waals surface area contributed by atoms with Gasteiger partial charge in [-0.3, -0.25) is 0 Å². The van der Waals surface area contributed by atoms with Gasteiger partial charge < -0.3 is 10.4 Å². The van der Waals surface area contributed by atoms with E-state index in [2.05, 4.69) is 5.32 Å². The molecular weight excluding hydrogens is 260 g/mol. The second kappa shape index (κ2) is 6.01. The number of rotatable bonds is 4. The molecule has 0 saturated heterocycles. The van der Waals surface area contributed by atoms with Crippen molar-refractivity contribution in [3.05, 3.63) is 64.7 Å². The molecule has 1 unspecified atom stereocenters. The minimum atomic E-state index is -0.588. The lowest BCUT2D eigenvalue weighted by molar-refractivity contribution is 0.458. The normalized spacial score (nSPS) is 12.4. The van der Waals surface area contributed by atoms with Crippen LogP contribution in [-0.4, -0.2) is 5.11 Å². The van der Waals surface area contributed by atoms with Crippen molar-refractivity contribution in [3.63, 3.8) is 0 Å². The number of phenolic OH excluding ortho intramolecular Hbond substituents is 1. The molecule has 0 aliphatic rings. The quantitative estimate of drug-likeness (QED) is 0.890. The van der Waals surface area contributed by atoms with Crippen LogP contribution in [0.4, 0.5) is 8.78 Å². The maximum absolute atomic E-state index is 13.6. The van der Waals surface area contributed by atoms with Crippen LogP contribution >= 0.6 is 0 Å². The molecule has 0 aliphatic carbocycles. The molecule has 2 rings (SSSR count). The number of hydrogen-bond donors (Lipinski definition) is 2. The smallest absolute Gasteiger partial charge is 0.130 e. The van der Waals surface area contributed by atoms with Crippen LogP contribution in [0.3, 0.4) is 0 Å². The van der Waals surface area contributed by atoms with E-state index in [1.165, 1.54) is 12.1 Å². The van der Waals surface area contributed by atoms with Crippen LogP contribution in [0.2, 0.25) is 0 Å². The molecule has 0 fully saturated rings. The van der Waals surface area contributed by atoms with Gasteiger partial charge in [0.25, 0.3) is 0 Å². The summed E-state index contributed by atoms with van der Waals surface area (Å²) in [6, 6.07) is 8.58. The molecule has 20 heavy (non-hydrogen) atoms. The Morgan fingerprint density at radius 1 is 1.15 bits per heavy atom. The highest BCUT2D eigenvalue weighted by Gasteiger charge is 2.12. The van der Waals surface area contributed by atoms with Crippen LogP contribution in [-0.2, 0) is 6.54 Å². The molecule has 0 spiro atoms.